The third kappa shape index (κ3) is 4.45. The van der Waals surface area contributed by atoms with Crippen LogP contribution in [0.3, 0.4) is 0 Å². The predicted molar refractivity (Wildman–Crippen MR) is 152 cm³/mol. The highest BCUT2D eigenvalue weighted by Gasteiger charge is 2.41. The molecule has 2 aliphatic rings. The number of benzene rings is 2. The number of H-pyrrole nitrogens is 1. The summed E-state index contributed by atoms with van der Waals surface area (Å²) in [5.74, 6) is 0.246. The fourth-order valence-corrected chi connectivity index (χ4v) is 6.25. The van der Waals surface area contributed by atoms with Crippen LogP contribution in [0.1, 0.15) is 41.8 Å². The lowest BCUT2D eigenvalue weighted by molar-refractivity contribution is -0.121. The smallest absolute Gasteiger partial charge is 0.453 e. The van der Waals surface area contributed by atoms with Gasteiger partial charge in [0.1, 0.15) is 11.6 Å². The van der Waals surface area contributed by atoms with Crippen molar-refractivity contribution in [3.05, 3.63) is 71.9 Å². The number of amides is 1. The van der Waals surface area contributed by atoms with Gasteiger partial charge in [-0.2, -0.15) is 0 Å². The van der Waals surface area contributed by atoms with E-state index in [0.717, 1.165) is 40.1 Å². The normalized spacial score (nSPS) is 20.1. The Hall–Kier alpha value is -4.55. The number of ether oxygens (including phenoxy) is 1. The van der Waals surface area contributed by atoms with Crippen molar-refractivity contribution in [2.75, 3.05) is 7.11 Å². The molecule has 41 heavy (non-hydrogen) atoms. The number of methoxy groups -OCH3 is 1. The number of ketones is 1. The van der Waals surface area contributed by atoms with E-state index in [9.17, 15) is 19.6 Å². The number of aromatic amines is 1. The number of hydrogen-bond donors (Lipinski definition) is 4. The number of rotatable bonds is 4. The minimum atomic E-state index is -1.57. The first-order chi connectivity index (χ1) is 19.9. The summed E-state index contributed by atoms with van der Waals surface area (Å²) in [7, 11) is -0.236. The highest BCUT2D eigenvalue weighted by Crippen LogP contribution is 2.40. The molecule has 12 heteroatoms. The third-order valence-electron chi connectivity index (χ3n) is 8.26. The van der Waals surface area contributed by atoms with Crippen molar-refractivity contribution in [2.45, 2.75) is 43.7 Å². The maximum atomic E-state index is 13.7. The second-order valence-electron chi connectivity index (χ2n) is 10.7. The van der Waals surface area contributed by atoms with Crippen LogP contribution in [0.5, 0.6) is 0 Å². The molecule has 4 heterocycles. The molecular weight excluding hydrogens is 523 g/mol. The van der Waals surface area contributed by atoms with Gasteiger partial charge in [-0.3, -0.25) is 9.78 Å². The van der Waals surface area contributed by atoms with Crippen molar-refractivity contribution < 1.29 is 24.4 Å². The Kier molecular flexibility index (Phi) is 6.09. The maximum absolute atomic E-state index is 13.7. The van der Waals surface area contributed by atoms with Crippen molar-refractivity contribution in [3.8, 4) is 11.3 Å². The van der Waals surface area contributed by atoms with Crippen molar-refractivity contribution in [1.29, 1.82) is 0 Å². The first-order valence-electron chi connectivity index (χ1n) is 13.6. The lowest BCUT2D eigenvalue weighted by atomic mass is 9.79. The van der Waals surface area contributed by atoms with Gasteiger partial charge in [0.05, 0.1) is 47.0 Å². The third-order valence-corrected chi connectivity index (χ3v) is 8.26. The van der Waals surface area contributed by atoms with Crippen molar-refractivity contribution in [3.63, 3.8) is 0 Å². The number of imidazole rings is 1. The van der Waals surface area contributed by atoms with E-state index in [0.29, 0.717) is 41.6 Å². The van der Waals surface area contributed by atoms with Gasteiger partial charge >= 0.3 is 13.2 Å². The summed E-state index contributed by atoms with van der Waals surface area (Å²) in [6, 6.07) is 12.5. The monoisotopic (exact) mass is 550 g/mol. The van der Waals surface area contributed by atoms with Gasteiger partial charge < -0.3 is 29.7 Å². The molecular formula is C29H27BN6O5. The first kappa shape index (κ1) is 25.4. The molecule has 5 aromatic rings. The van der Waals surface area contributed by atoms with E-state index in [1.54, 1.807) is 24.4 Å². The minimum Gasteiger partial charge on any atom is -0.453 e. The minimum absolute atomic E-state index is 0.0826. The number of aryl methyl sites for hydroxylation is 1. The van der Waals surface area contributed by atoms with Gasteiger partial charge in [0.15, 0.2) is 0 Å². The Balaban J connectivity index is 1.19. The summed E-state index contributed by atoms with van der Waals surface area (Å²) in [5, 5.41) is 21.7. The Bertz CT molecular complexity index is 1830. The zero-order valence-corrected chi connectivity index (χ0v) is 22.2. The highest BCUT2D eigenvalue weighted by atomic mass is 16.5. The molecule has 1 unspecified atom stereocenters. The van der Waals surface area contributed by atoms with E-state index in [1.807, 2.05) is 24.4 Å². The number of hydrogen-bond acceptors (Lipinski definition) is 8. The summed E-state index contributed by atoms with van der Waals surface area (Å²) in [5.41, 5.74) is 6.85. The standard InChI is InChI=1S/C29H27BN6O5/c1-41-29(38)35-21-6-2-15-8-9-36-14-17(11-25(37)26(21)27(15)36)28-33-20-5-3-16(10-23(20)34-28)24-13-31-22-12-18(30(39)40)4-7-19(22)32-24/h3-5,7-10,12-13,17,21,26,39-40H,2,6,11,14H2,1H3,(H,33,34)(H,35,38)/t17-,21-,26?/m0/s1. The van der Waals surface area contributed by atoms with Crippen LogP contribution in [-0.4, -0.2) is 66.7 Å². The fraction of sp³-hybridized carbons (Fsp3) is 0.276. The molecule has 1 amide bonds. The lowest BCUT2D eigenvalue weighted by Gasteiger charge is -2.31. The number of nitrogens with one attached hydrogen (secondary N) is 2. The molecule has 2 aromatic carbocycles. The number of Topliss-reactive ketones (excluding diaryl/α,β-unsaturated/α-hetero) is 1. The van der Waals surface area contributed by atoms with Crippen LogP contribution in [-0.2, 0) is 22.5 Å². The molecule has 0 radical (unpaired) electrons. The number of aromatic nitrogens is 5. The van der Waals surface area contributed by atoms with E-state index in [2.05, 4.69) is 25.9 Å². The number of nitrogens with zero attached hydrogens (tertiary/aromatic N) is 4. The van der Waals surface area contributed by atoms with Crippen LogP contribution >= 0.6 is 0 Å². The Labute approximate surface area is 234 Å². The van der Waals surface area contributed by atoms with E-state index < -0.39 is 19.1 Å². The van der Waals surface area contributed by atoms with Crippen molar-refractivity contribution in [2.24, 2.45) is 0 Å². The number of carbonyl (C=O) groups is 2. The second-order valence-corrected chi connectivity index (χ2v) is 10.7. The maximum Gasteiger partial charge on any atom is 0.488 e. The van der Waals surface area contributed by atoms with Crippen LogP contribution in [0, 0.1) is 0 Å². The molecule has 4 N–H and O–H groups in total. The average Bonchev–Trinajstić information content (AvgIpc) is 3.55. The van der Waals surface area contributed by atoms with Crippen LogP contribution in [0.15, 0.2) is 54.9 Å². The number of alkyl carbamates (subject to hydrolysis) is 1. The Morgan fingerprint density at radius 1 is 1.12 bits per heavy atom. The van der Waals surface area contributed by atoms with Crippen molar-refractivity contribution in [1.82, 2.24) is 29.8 Å². The molecule has 0 spiro atoms. The van der Waals surface area contributed by atoms with Gasteiger partial charge in [-0.25, -0.2) is 14.8 Å². The second kappa shape index (κ2) is 9.82. The summed E-state index contributed by atoms with van der Waals surface area (Å²) >= 11 is 0. The molecule has 7 rings (SSSR count). The van der Waals surface area contributed by atoms with Gasteiger partial charge in [0, 0.05) is 42.4 Å². The van der Waals surface area contributed by atoms with Crippen LogP contribution in [0.25, 0.3) is 33.3 Å². The summed E-state index contributed by atoms with van der Waals surface area (Å²) in [6.45, 7) is 0.607. The molecule has 206 valence electrons. The van der Waals surface area contributed by atoms with Gasteiger partial charge in [0.2, 0.25) is 0 Å². The molecule has 1 aliphatic heterocycles. The number of carbonyl (C=O) groups excluding carboxylic acids is 2. The zero-order chi connectivity index (χ0) is 28.2. The molecule has 11 nitrogen and oxygen atoms in total. The molecule has 0 saturated heterocycles. The lowest BCUT2D eigenvalue weighted by Crippen LogP contribution is -2.44. The van der Waals surface area contributed by atoms with E-state index in [-0.39, 0.29) is 17.7 Å². The quantitative estimate of drug-likeness (QED) is 0.248. The molecule has 0 bridgehead atoms. The first-order valence-corrected chi connectivity index (χ1v) is 13.6. The molecule has 0 saturated carbocycles. The van der Waals surface area contributed by atoms with Gasteiger partial charge in [-0.15, -0.1) is 0 Å². The molecule has 0 fully saturated rings. The Morgan fingerprint density at radius 3 is 2.80 bits per heavy atom. The zero-order valence-electron chi connectivity index (χ0n) is 22.2. The van der Waals surface area contributed by atoms with Crippen molar-refractivity contribution >= 4 is 46.5 Å². The molecule has 3 atom stereocenters. The van der Waals surface area contributed by atoms with Crippen LogP contribution < -0.4 is 10.8 Å². The Morgan fingerprint density at radius 2 is 1.98 bits per heavy atom. The van der Waals surface area contributed by atoms with Gasteiger partial charge in [0.25, 0.3) is 0 Å². The van der Waals surface area contributed by atoms with E-state index in [4.69, 9.17) is 14.7 Å². The number of fused-ring (bicyclic) bond motifs is 2. The van der Waals surface area contributed by atoms with Gasteiger partial charge in [-0.1, -0.05) is 12.1 Å². The van der Waals surface area contributed by atoms with Crippen LogP contribution in [0.4, 0.5) is 4.79 Å². The summed E-state index contributed by atoms with van der Waals surface area (Å²) in [4.78, 5) is 43.2. The molecule has 3 aromatic heterocycles. The topological polar surface area (TPSA) is 155 Å². The van der Waals surface area contributed by atoms with Gasteiger partial charge in [-0.05, 0) is 54.2 Å². The molecule has 1 aliphatic carbocycles. The van der Waals surface area contributed by atoms with E-state index >= 15 is 0 Å². The largest absolute Gasteiger partial charge is 0.488 e. The fourth-order valence-electron chi connectivity index (χ4n) is 6.25. The summed E-state index contributed by atoms with van der Waals surface area (Å²) in [6.07, 6.45) is 4.95. The average molecular weight is 550 g/mol. The SMILES string of the molecule is COC(=O)N[C@H]1CCc2ccn3c2C1C(=O)C[C@H](c1nc2ccc(-c4cnc5cc(B(O)O)ccc5n4)cc2[nH]1)C3. The summed E-state index contributed by atoms with van der Waals surface area (Å²) < 4.78 is 6.96. The highest BCUT2D eigenvalue weighted by molar-refractivity contribution is 6.58. The van der Waals surface area contributed by atoms with E-state index in [1.165, 1.54) is 7.11 Å². The predicted octanol–water partition coefficient (Wildman–Crippen LogP) is 2.17. The van der Waals surface area contributed by atoms with Crippen LogP contribution in [0.2, 0.25) is 0 Å².